The summed E-state index contributed by atoms with van der Waals surface area (Å²) in [6.45, 7) is 1.23. The Morgan fingerprint density at radius 1 is 1.00 bits per heavy atom. The first-order valence-corrected chi connectivity index (χ1v) is 10.3. The van der Waals surface area contributed by atoms with Gasteiger partial charge in [-0.1, -0.05) is 60.1 Å². The van der Waals surface area contributed by atoms with Crippen LogP contribution in [0.15, 0.2) is 79.1 Å². The molecule has 152 valence electrons. The molecule has 0 saturated carbocycles. The molecule has 3 aromatic rings. The molecule has 1 aliphatic rings. The van der Waals surface area contributed by atoms with Gasteiger partial charge < -0.3 is 10.2 Å². The largest absolute Gasteiger partial charge is 0.352 e. The molecule has 1 aromatic heterocycles. The molecule has 1 saturated heterocycles. The Bertz CT molecular complexity index is 1030. The molecule has 1 fully saturated rings. The SMILES string of the molecule is O=C(NCc1cccnc1)[C@H]1CN(C(=O)c2ccccc2Cl)C[C@@H]1c1ccccc1. The zero-order valence-electron chi connectivity index (χ0n) is 16.4. The third-order valence-corrected chi connectivity index (χ3v) is 5.79. The van der Waals surface area contributed by atoms with Crippen molar-refractivity contribution in [2.45, 2.75) is 12.5 Å². The molecule has 6 heteroatoms. The first-order valence-electron chi connectivity index (χ1n) is 9.89. The molecule has 5 nitrogen and oxygen atoms in total. The van der Waals surface area contributed by atoms with E-state index in [4.69, 9.17) is 11.6 Å². The number of benzene rings is 2. The molecule has 30 heavy (non-hydrogen) atoms. The number of nitrogens with one attached hydrogen (secondary N) is 1. The number of hydrogen-bond donors (Lipinski definition) is 1. The highest BCUT2D eigenvalue weighted by molar-refractivity contribution is 6.33. The van der Waals surface area contributed by atoms with Crippen LogP contribution in [0.3, 0.4) is 0 Å². The highest BCUT2D eigenvalue weighted by Gasteiger charge is 2.40. The van der Waals surface area contributed by atoms with E-state index in [0.29, 0.717) is 30.2 Å². The fourth-order valence-corrected chi connectivity index (χ4v) is 4.12. The van der Waals surface area contributed by atoms with E-state index < -0.39 is 0 Å². The van der Waals surface area contributed by atoms with E-state index in [2.05, 4.69) is 10.3 Å². The molecular formula is C24H22ClN3O2. The third-order valence-electron chi connectivity index (χ3n) is 5.47. The minimum Gasteiger partial charge on any atom is -0.352 e. The predicted molar refractivity (Wildman–Crippen MR) is 116 cm³/mol. The number of halogens is 1. The summed E-state index contributed by atoms with van der Waals surface area (Å²) < 4.78 is 0. The molecule has 2 aromatic carbocycles. The number of hydrogen-bond acceptors (Lipinski definition) is 3. The first-order chi connectivity index (χ1) is 14.6. The lowest BCUT2D eigenvalue weighted by molar-refractivity contribution is -0.125. The molecule has 4 rings (SSSR count). The van der Waals surface area contributed by atoms with Gasteiger partial charge in [0.15, 0.2) is 0 Å². The molecule has 2 amide bonds. The summed E-state index contributed by atoms with van der Waals surface area (Å²) in [6, 6.07) is 20.7. The van der Waals surface area contributed by atoms with E-state index in [9.17, 15) is 9.59 Å². The van der Waals surface area contributed by atoms with Crippen molar-refractivity contribution in [2.24, 2.45) is 5.92 Å². The van der Waals surface area contributed by atoms with Crippen molar-refractivity contribution in [1.82, 2.24) is 15.2 Å². The van der Waals surface area contributed by atoms with Crippen LogP contribution in [0.1, 0.15) is 27.4 Å². The lowest BCUT2D eigenvalue weighted by atomic mass is 9.88. The molecule has 0 radical (unpaired) electrons. The van der Waals surface area contributed by atoms with Gasteiger partial charge in [-0.25, -0.2) is 0 Å². The topological polar surface area (TPSA) is 62.3 Å². The van der Waals surface area contributed by atoms with Gasteiger partial charge in [-0.2, -0.15) is 0 Å². The first kappa shape index (κ1) is 20.1. The van der Waals surface area contributed by atoms with Gasteiger partial charge in [0.05, 0.1) is 16.5 Å². The van der Waals surface area contributed by atoms with E-state index >= 15 is 0 Å². The summed E-state index contributed by atoms with van der Waals surface area (Å²) in [4.78, 5) is 32.0. The lowest BCUT2D eigenvalue weighted by Crippen LogP contribution is -2.35. The Kier molecular flexibility index (Phi) is 6.10. The maximum atomic E-state index is 13.1. The number of likely N-dealkylation sites (tertiary alicyclic amines) is 1. The standard InChI is InChI=1S/C24H22ClN3O2/c25-22-11-5-4-10-19(22)24(30)28-15-20(18-8-2-1-3-9-18)21(16-28)23(29)27-14-17-7-6-12-26-13-17/h1-13,20-21H,14-16H2,(H,27,29)/t20-,21+/m1/s1. The zero-order chi connectivity index (χ0) is 20.9. The van der Waals surface area contributed by atoms with Crippen molar-refractivity contribution in [3.63, 3.8) is 0 Å². The Labute approximate surface area is 180 Å². The van der Waals surface area contributed by atoms with E-state index in [1.807, 2.05) is 42.5 Å². The number of carbonyl (C=O) groups is 2. The van der Waals surface area contributed by atoms with Crippen molar-refractivity contribution >= 4 is 23.4 Å². The quantitative estimate of drug-likeness (QED) is 0.682. The summed E-state index contributed by atoms with van der Waals surface area (Å²) in [5.74, 6) is -0.631. The van der Waals surface area contributed by atoms with Crippen LogP contribution in [0, 0.1) is 5.92 Å². The van der Waals surface area contributed by atoms with Crippen molar-refractivity contribution in [2.75, 3.05) is 13.1 Å². The second-order valence-electron chi connectivity index (χ2n) is 7.39. The highest BCUT2D eigenvalue weighted by atomic mass is 35.5. The fourth-order valence-electron chi connectivity index (χ4n) is 3.90. The van der Waals surface area contributed by atoms with Crippen LogP contribution in [0.5, 0.6) is 0 Å². The number of nitrogens with zero attached hydrogens (tertiary/aromatic N) is 2. The molecular weight excluding hydrogens is 398 g/mol. The second kappa shape index (κ2) is 9.09. The van der Waals surface area contributed by atoms with Crippen LogP contribution in [0.25, 0.3) is 0 Å². The molecule has 1 N–H and O–H groups in total. The minimum atomic E-state index is -0.337. The van der Waals surface area contributed by atoms with E-state index in [-0.39, 0.29) is 23.7 Å². The highest BCUT2D eigenvalue weighted by Crippen LogP contribution is 2.34. The van der Waals surface area contributed by atoms with E-state index in [1.165, 1.54) is 0 Å². The second-order valence-corrected chi connectivity index (χ2v) is 7.80. The Hall–Kier alpha value is -3.18. The number of amides is 2. The van der Waals surface area contributed by atoms with Crippen LogP contribution in [-0.4, -0.2) is 34.8 Å². The van der Waals surface area contributed by atoms with Crippen molar-refractivity contribution < 1.29 is 9.59 Å². The van der Waals surface area contributed by atoms with Crippen molar-refractivity contribution in [3.8, 4) is 0 Å². The van der Waals surface area contributed by atoms with Gasteiger partial charge in [-0.05, 0) is 29.3 Å². The molecule has 0 bridgehead atoms. The van der Waals surface area contributed by atoms with Crippen molar-refractivity contribution in [1.29, 1.82) is 0 Å². The number of rotatable bonds is 5. The summed E-state index contributed by atoms with van der Waals surface area (Å²) in [6.07, 6.45) is 3.43. The van der Waals surface area contributed by atoms with Gasteiger partial charge >= 0.3 is 0 Å². The Morgan fingerprint density at radius 3 is 2.50 bits per heavy atom. The minimum absolute atomic E-state index is 0.0674. The van der Waals surface area contributed by atoms with Gasteiger partial charge in [-0.15, -0.1) is 0 Å². The fraction of sp³-hybridized carbons (Fsp3) is 0.208. The van der Waals surface area contributed by atoms with Crippen LogP contribution < -0.4 is 5.32 Å². The molecule has 0 spiro atoms. The van der Waals surface area contributed by atoms with Gasteiger partial charge in [0.1, 0.15) is 0 Å². The monoisotopic (exact) mass is 419 g/mol. The van der Waals surface area contributed by atoms with E-state index in [0.717, 1.165) is 11.1 Å². The summed E-state index contributed by atoms with van der Waals surface area (Å²) in [7, 11) is 0. The van der Waals surface area contributed by atoms with Gasteiger partial charge in [-0.3, -0.25) is 14.6 Å². The number of pyridine rings is 1. The number of carbonyl (C=O) groups excluding carboxylic acids is 2. The Morgan fingerprint density at radius 2 is 1.77 bits per heavy atom. The molecule has 0 aliphatic carbocycles. The Balaban J connectivity index is 1.54. The van der Waals surface area contributed by atoms with Crippen molar-refractivity contribution in [3.05, 3.63) is 101 Å². The maximum absolute atomic E-state index is 13.1. The summed E-state index contributed by atoms with van der Waals surface area (Å²) >= 11 is 6.23. The van der Waals surface area contributed by atoms with Crippen LogP contribution in [-0.2, 0) is 11.3 Å². The summed E-state index contributed by atoms with van der Waals surface area (Å²) in [5, 5.41) is 3.43. The van der Waals surface area contributed by atoms with Crippen LogP contribution in [0.2, 0.25) is 5.02 Å². The van der Waals surface area contributed by atoms with Gasteiger partial charge in [0.25, 0.3) is 5.91 Å². The van der Waals surface area contributed by atoms with E-state index in [1.54, 1.807) is 41.6 Å². The average Bonchev–Trinajstić information content (AvgIpc) is 3.24. The normalized spacial score (nSPS) is 18.2. The average molecular weight is 420 g/mol. The zero-order valence-corrected chi connectivity index (χ0v) is 17.1. The molecule has 2 heterocycles. The van der Waals surface area contributed by atoms with Crippen LogP contribution in [0.4, 0.5) is 0 Å². The maximum Gasteiger partial charge on any atom is 0.255 e. The molecule has 0 unspecified atom stereocenters. The molecule has 2 atom stereocenters. The smallest absolute Gasteiger partial charge is 0.255 e. The van der Waals surface area contributed by atoms with Gasteiger partial charge in [0.2, 0.25) is 5.91 Å². The van der Waals surface area contributed by atoms with Gasteiger partial charge in [0, 0.05) is 37.9 Å². The number of aromatic nitrogens is 1. The van der Waals surface area contributed by atoms with Crippen LogP contribution >= 0.6 is 11.6 Å². The molecule has 1 aliphatic heterocycles. The predicted octanol–water partition coefficient (Wildman–Crippen LogP) is 3.91. The lowest BCUT2D eigenvalue weighted by Gasteiger charge is -2.18. The third kappa shape index (κ3) is 4.36. The summed E-state index contributed by atoms with van der Waals surface area (Å²) in [5.41, 5.74) is 2.44.